The Hall–Kier alpha value is -2.08. The first kappa shape index (κ1) is 14.8. The molecule has 1 aliphatic carbocycles. The molecule has 22 heavy (non-hydrogen) atoms. The summed E-state index contributed by atoms with van der Waals surface area (Å²) in [6, 6.07) is 7.81. The molecule has 1 spiro atoms. The number of fused-ring (bicyclic) bond motifs is 2. The molecule has 2 N–H and O–H groups in total. The van der Waals surface area contributed by atoms with E-state index < -0.39 is 12.1 Å². The average molecular weight is 305 g/mol. The predicted molar refractivity (Wildman–Crippen MR) is 77.8 cm³/mol. The highest BCUT2D eigenvalue weighted by molar-refractivity contribution is 5.85. The number of methoxy groups -OCH3 is 1. The van der Waals surface area contributed by atoms with Gasteiger partial charge in [-0.05, 0) is 18.9 Å². The number of carboxylic acids is 1. The van der Waals surface area contributed by atoms with Crippen LogP contribution in [0, 0.1) is 5.92 Å². The second kappa shape index (κ2) is 5.61. The SMILES string of the molecule is COC(CNC(=O)[C@@H]1C[C@]12CCOc1ccccc12)C(=O)O. The van der Waals surface area contributed by atoms with Crippen LogP contribution in [0.2, 0.25) is 0 Å². The minimum absolute atomic E-state index is 0.0185. The Bertz CT molecular complexity index is 602. The van der Waals surface area contributed by atoms with Crippen molar-refractivity contribution in [2.24, 2.45) is 5.92 Å². The van der Waals surface area contributed by atoms with Gasteiger partial charge < -0.3 is 19.9 Å². The van der Waals surface area contributed by atoms with Gasteiger partial charge in [0.05, 0.1) is 13.2 Å². The molecule has 1 aliphatic heterocycles. The van der Waals surface area contributed by atoms with E-state index in [4.69, 9.17) is 14.6 Å². The van der Waals surface area contributed by atoms with E-state index >= 15 is 0 Å². The molecular formula is C16H19NO5. The summed E-state index contributed by atoms with van der Waals surface area (Å²) in [6.45, 7) is 0.589. The molecule has 1 heterocycles. The number of benzene rings is 1. The van der Waals surface area contributed by atoms with Gasteiger partial charge in [-0.15, -0.1) is 0 Å². The van der Waals surface area contributed by atoms with Crippen molar-refractivity contribution in [3.8, 4) is 5.75 Å². The van der Waals surface area contributed by atoms with E-state index in [0.717, 1.165) is 24.2 Å². The summed E-state index contributed by atoms with van der Waals surface area (Å²) in [6.07, 6.45) is 0.583. The van der Waals surface area contributed by atoms with Crippen LogP contribution in [0.4, 0.5) is 0 Å². The van der Waals surface area contributed by atoms with Gasteiger partial charge >= 0.3 is 5.97 Å². The minimum atomic E-state index is -1.08. The van der Waals surface area contributed by atoms with E-state index in [0.29, 0.717) is 6.61 Å². The third kappa shape index (κ3) is 2.43. The van der Waals surface area contributed by atoms with Gasteiger partial charge in [-0.2, -0.15) is 0 Å². The normalized spacial score (nSPS) is 26.7. The van der Waals surface area contributed by atoms with Gasteiger partial charge in [-0.1, -0.05) is 18.2 Å². The lowest BCUT2D eigenvalue weighted by molar-refractivity contribution is -0.148. The summed E-state index contributed by atoms with van der Waals surface area (Å²) in [5.74, 6) is -0.460. The highest BCUT2D eigenvalue weighted by Crippen LogP contribution is 2.60. The third-order valence-electron chi connectivity index (χ3n) is 4.64. The van der Waals surface area contributed by atoms with Crippen molar-refractivity contribution in [1.82, 2.24) is 5.32 Å². The molecule has 3 rings (SSSR count). The molecule has 6 nitrogen and oxygen atoms in total. The van der Waals surface area contributed by atoms with Gasteiger partial charge in [0.1, 0.15) is 5.75 Å². The molecule has 0 saturated heterocycles. The van der Waals surface area contributed by atoms with E-state index in [1.54, 1.807) is 0 Å². The number of rotatable bonds is 5. The van der Waals surface area contributed by atoms with Crippen LogP contribution in [-0.4, -0.2) is 43.3 Å². The Morgan fingerprint density at radius 2 is 2.27 bits per heavy atom. The molecule has 1 saturated carbocycles. The van der Waals surface area contributed by atoms with Crippen LogP contribution in [0.5, 0.6) is 5.75 Å². The summed E-state index contributed by atoms with van der Waals surface area (Å²) >= 11 is 0. The second-order valence-corrected chi connectivity index (χ2v) is 5.82. The smallest absolute Gasteiger partial charge is 0.334 e. The molecule has 0 aromatic heterocycles. The highest BCUT2D eigenvalue weighted by Gasteiger charge is 2.60. The summed E-state index contributed by atoms with van der Waals surface area (Å²) < 4.78 is 10.5. The molecule has 1 unspecified atom stereocenters. The number of hydrogen-bond donors (Lipinski definition) is 2. The molecule has 118 valence electrons. The number of carboxylic acid groups (broad SMARTS) is 1. The summed E-state index contributed by atoms with van der Waals surface area (Å²) in [5, 5.41) is 11.6. The average Bonchev–Trinajstić information content (AvgIpc) is 3.23. The zero-order valence-corrected chi connectivity index (χ0v) is 12.4. The van der Waals surface area contributed by atoms with Crippen molar-refractivity contribution in [1.29, 1.82) is 0 Å². The Morgan fingerprint density at radius 3 is 3.00 bits per heavy atom. The highest BCUT2D eigenvalue weighted by atomic mass is 16.5. The molecule has 1 aromatic rings. The predicted octanol–water partition coefficient (Wildman–Crippen LogP) is 0.943. The molecule has 0 bridgehead atoms. The minimum Gasteiger partial charge on any atom is -0.493 e. The number of carbonyl (C=O) groups excluding carboxylic acids is 1. The first-order valence-corrected chi connectivity index (χ1v) is 7.34. The van der Waals surface area contributed by atoms with E-state index in [9.17, 15) is 9.59 Å². The maximum Gasteiger partial charge on any atom is 0.334 e. The lowest BCUT2D eigenvalue weighted by Gasteiger charge is -2.26. The van der Waals surface area contributed by atoms with Gasteiger partial charge in [0.15, 0.2) is 6.10 Å². The zero-order chi connectivity index (χ0) is 15.7. The summed E-state index contributed by atoms with van der Waals surface area (Å²) in [4.78, 5) is 23.2. The maximum absolute atomic E-state index is 12.3. The topological polar surface area (TPSA) is 84.9 Å². The van der Waals surface area contributed by atoms with Crippen LogP contribution in [-0.2, 0) is 19.7 Å². The number of hydrogen-bond acceptors (Lipinski definition) is 4. The van der Waals surface area contributed by atoms with Gasteiger partial charge in [0.25, 0.3) is 0 Å². The molecule has 0 radical (unpaired) electrons. The fourth-order valence-electron chi connectivity index (χ4n) is 3.29. The van der Waals surface area contributed by atoms with Crippen molar-refractivity contribution in [2.75, 3.05) is 20.3 Å². The van der Waals surface area contributed by atoms with Crippen molar-refractivity contribution >= 4 is 11.9 Å². The van der Waals surface area contributed by atoms with E-state index in [1.165, 1.54) is 7.11 Å². The molecule has 1 aromatic carbocycles. The molecular weight excluding hydrogens is 286 g/mol. The maximum atomic E-state index is 12.3. The van der Waals surface area contributed by atoms with Crippen molar-refractivity contribution in [2.45, 2.75) is 24.4 Å². The van der Waals surface area contributed by atoms with Crippen LogP contribution >= 0.6 is 0 Å². The van der Waals surface area contributed by atoms with Gasteiger partial charge in [-0.3, -0.25) is 4.79 Å². The Labute approximate surface area is 128 Å². The number of nitrogens with one attached hydrogen (secondary N) is 1. The Balaban J connectivity index is 1.67. The fourth-order valence-corrected chi connectivity index (χ4v) is 3.29. The van der Waals surface area contributed by atoms with Crippen LogP contribution in [0.1, 0.15) is 18.4 Å². The number of aliphatic carboxylic acids is 1. The first-order valence-electron chi connectivity index (χ1n) is 7.34. The molecule has 1 fully saturated rings. The zero-order valence-electron chi connectivity index (χ0n) is 12.4. The third-order valence-corrected chi connectivity index (χ3v) is 4.64. The van der Waals surface area contributed by atoms with E-state index in [2.05, 4.69) is 5.32 Å². The number of amides is 1. The summed E-state index contributed by atoms with van der Waals surface area (Å²) in [7, 11) is 1.32. The number of ether oxygens (including phenoxy) is 2. The second-order valence-electron chi connectivity index (χ2n) is 5.82. The molecule has 2 aliphatic rings. The monoisotopic (exact) mass is 305 g/mol. The summed E-state index contributed by atoms with van der Waals surface area (Å²) in [5.41, 5.74) is 0.938. The fraction of sp³-hybridized carbons (Fsp3) is 0.500. The van der Waals surface area contributed by atoms with Crippen molar-refractivity contribution in [3.63, 3.8) is 0 Å². The quantitative estimate of drug-likeness (QED) is 0.846. The number of para-hydroxylation sites is 1. The lowest BCUT2D eigenvalue weighted by Crippen LogP contribution is -2.39. The largest absolute Gasteiger partial charge is 0.493 e. The molecule has 1 amide bonds. The van der Waals surface area contributed by atoms with Crippen LogP contribution < -0.4 is 10.1 Å². The lowest BCUT2D eigenvalue weighted by atomic mass is 9.87. The van der Waals surface area contributed by atoms with Crippen LogP contribution in [0.25, 0.3) is 0 Å². The Kier molecular flexibility index (Phi) is 3.78. The van der Waals surface area contributed by atoms with E-state index in [-0.39, 0.29) is 23.8 Å². The molecule has 6 heteroatoms. The number of carbonyl (C=O) groups is 2. The van der Waals surface area contributed by atoms with Gasteiger partial charge in [-0.25, -0.2) is 4.79 Å². The van der Waals surface area contributed by atoms with E-state index in [1.807, 2.05) is 24.3 Å². The van der Waals surface area contributed by atoms with Gasteiger partial charge in [0, 0.05) is 24.0 Å². The van der Waals surface area contributed by atoms with Crippen molar-refractivity contribution in [3.05, 3.63) is 29.8 Å². The van der Waals surface area contributed by atoms with Gasteiger partial charge in [0.2, 0.25) is 5.91 Å². The molecule has 3 atom stereocenters. The Morgan fingerprint density at radius 1 is 1.50 bits per heavy atom. The van der Waals surface area contributed by atoms with Crippen LogP contribution in [0.3, 0.4) is 0 Å². The first-order chi connectivity index (χ1) is 10.6. The van der Waals surface area contributed by atoms with Crippen molar-refractivity contribution < 1.29 is 24.2 Å². The standard InChI is InChI=1S/C16H19NO5/c1-21-13(15(19)20)9-17-14(18)11-8-16(11)6-7-22-12-5-3-2-4-10(12)16/h2-5,11,13H,6-9H2,1H3,(H,17,18)(H,19,20)/t11-,13?,16-/m0/s1. The van der Waals surface area contributed by atoms with Crippen LogP contribution in [0.15, 0.2) is 24.3 Å².